The molecule has 0 aromatic rings. The second-order valence-corrected chi connectivity index (χ2v) is 7.12. The summed E-state index contributed by atoms with van der Waals surface area (Å²) in [6, 6.07) is 0. The van der Waals surface area contributed by atoms with E-state index < -0.39 is 8.80 Å². The molecular weight excluding hydrogens is 256 g/mol. The van der Waals surface area contributed by atoms with E-state index in [0.29, 0.717) is 0 Å². The van der Waals surface area contributed by atoms with Gasteiger partial charge in [0.25, 0.3) is 0 Å². The Morgan fingerprint density at radius 2 is 1.11 bits per heavy atom. The average molecular weight is 289 g/mol. The zero-order valence-corrected chi connectivity index (χ0v) is 14.2. The molecule has 0 aliphatic rings. The number of rotatable bonds is 13. The summed E-state index contributed by atoms with van der Waals surface area (Å²) in [4.78, 5) is 0. The Kier molecular flexibility index (Phi) is 12.7. The number of unbranched alkanes of at least 4 members (excludes halogenated alkanes) is 3. The zero-order valence-electron chi connectivity index (χ0n) is 13.2. The highest BCUT2D eigenvalue weighted by molar-refractivity contribution is 6.66. The first kappa shape index (κ1) is 18.8. The molecular formula is C15H32O3Si. The monoisotopic (exact) mass is 288 g/mol. The Balaban J connectivity index is 4.47. The molecule has 0 aliphatic carbocycles. The third-order valence-electron chi connectivity index (χ3n) is 2.77. The van der Waals surface area contributed by atoms with E-state index in [0.717, 1.165) is 58.3 Å². The van der Waals surface area contributed by atoms with E-state index in [2.05, 4.69) is 20.8 Å². The normalized spacial score (nSPS) is 12.4. The van der Waals surface area contributed by atoms with Crippen LogP contribution in [0.15, 0.2) is 11.8 Å². The van der Waals surface area contributed by atoms with Gasteiger partial charge < -0.3 is 13.3 Å². The van der Waals surface area contributed by atoms with Crippen LogP contribution in [0.4, 0.5) is 0 Å². The highest BCUT2D eigenvalue weighted by Gasteiger charge is 2.38. The van der Waals surface area contributed by atoms with Gasteiger partial charge in [-0.25, -0.2) is 0 Å². The molecule has 0 spiro atoms. The van der Waals surface area contributed by atoms with Gasteiger partial charge in [0.1, 0.15) is 0 Å². The Bertz CT molecular complexity index is 193. The topological polar surface area (TPSA) is 27.7 Å². The van der Waals surface area contributed by atoms with Crippen molar-refractivity contribution in [2.45, 2.75) is 66.2 Å². The van der Waals surface area contributed by atoms with Crippen molar-refractivity contribution >= 4 is 8.80 Å². The fraction of sp³-hybridized carbons (Fsp3) is 0.867. The van der Waals surface area contributed by atoms with Crippen LogP contribution in [-0.2, 0) is 13.3 Å². The second kappa shape index (κ2) is 12.8. The number of hydrogen-bond donors (Lipinski definition) is 0. The predicted molar refractivity (Wildman–Crippen MR) is 83.1 cm³/mol. The molecule has 0 aromatic heterocycles. The molecule has 0 rings (SSSR count). The van der Waals surface area contributed by atoms with Crippen LogP contribution in [0, 0.1) is 0 Å². The van der Waals surface area contributed by atoms with Gasteiger partial charge in [0, 0.05) is 19.8 Å². The summed E-state index contributed by atoms with van der Waals surface area (Å²) in [5.74, 6) is 0. The summed E-state index contributed by atoms with van der Waals surface area (Å²) in [5.41, 5.74) is 2.02. The molecule has 0 saturated heterocycles. The molecule has 0 bridgehead atoms. The maximum Gasteiger partial charge on any atom is 0.529 e. The zero-order chi connectivity index (χ0) is 14.4. The van der Waals surface area contributed by atoms with Gasteiger partial charge in [0.05, 0.1) is 0 Å². The highest BCUT2D eigenvalue weighted by Crippen LogP contribution is 2.15. The van der Waals surface area contributed by atoms with Crippen molar-refractivity contribution in [3.63, 3.8) is 0 Å². The lowest BCUT2D eigenvalue weighted by atomic mass is 10.4. The van der Waals surface area contributed by atoms with E-state index in [1.54, 1.807) is 0 Å². The maximum absolute atomic E-state index is 6.01. The van der Waals surface area contributed by atoms with Crippen LogP contribution in [0.5, 0.6) is 0 Å². The summed E-state index contributed by atoms with van der Waals surface area (Å²) < 4.78 is 18.0. The van der Waals surface area contributed by atoms with Crippen molar-refractivity contribution in [2.75, 3.05) is 19.8 Å². The van der Waals surface area contributed by atoms with Crippen molar-refractivity contribution < 1.29 is 13.3 Å². The van der Waals surface area contributed by atoms with Crippen LogP contribution in [0.2, 0.25) is 0 Å². The molecule has 4 heteroatoms. The summed E-state index contributed by atoms with van der Waals surface area (Å²) in [6.45, 7) is 10.7. The van der Waals surface area contributed by atoms with Crippen LogP contribution >= 0.6 is 0 Å². The van der Waals surface area contributed by atoms with Crippen LogP contribution in [0.25, 0.3) is 0 Å². The third kappa shape index (κ3) is 9.38. The first-order chi connectivity index (χ1) is 9.24. The maximum atomic E-state index is 6.01. The smallest absolute Gasteiger partial charge is 0.370 e. The summed E-state index contributed by atoms with van der Waals surface area (Å²) in [7, 11) is -2.59. The van der Waals surface area contributed by atoms with Crippen molar-refractivity contribution in [3.05, 3.63) is 11.8 Å². The molecule has 114 valence electrons. The molecule has 0 amide bonds. The standard InChI is InChI=1S/C15H32O3Si/c1-5-9-12-16-19(15-8-4,17-13-10-6-2)18-14-11-7-3/h8,15H,5-7,9-14H2,1-4H3/b15-8-. The van der Waals surface area contributed by atoms with Gasteiger partial charge in [-0.2, -0.15) is 0 Å². The number of allylic oxidation sites excluding steroid dienone is 1. The summed E-state index contributed by atoms with van der Waals surface area (Å²) in [6.07, 6.45) is 8.55. The lowest BCUT2D eigenvalue weighted by Crippen LogP contribution is -2.45. The van der Waals surface area contributed by atoms with Gasteiger partial charge in [-0.05, 0) is 31.9 Å². The molecule has 0 aromatic carbocycles. The first-order valence-corrected chi connectivity index (χ1v) is 9.60. The van der Waals surface area contributed by atoms with Crippen LogP contribution < -0.4 is 0 Å². The highest BCUT2D eigenvalue weighted by atomic mass is 28.4. The van der Waals surface area contributed by atoms with Gasteiger partial charge >= 0.3 is 8.80 Å². The Hall–Kier alpha value is -0.163. The molecule has 0 heterocycles. The van der Waals surface area contributed by atoms with Crippen LogP contribution in [-0.4, -0.2) is 28.6 Å². The third-order valence-corrected chi connectivity index (χ3v) is 5.34. The molecule has 0 unspecified atom stereocenters. The summed E-state index contributed by atoms with van der Waals surface area (Å²) in [5, 5.41) is 0. The minimum Gasteiger partial charge on any atom is -0.370 e. The van der Waals surface area contributed by atoms with Crippen LogP contribution in [0.1, 0.15) is 66.2 Å². The SMILES string of the molecule is C/C=C\[Si](OCCCC)(OCCCC)OCCCC. The number of hydrogen-bond acceptors (Lipinski definition) is 3. The lowest BCUT2D eigenvalue weighted by molar-refractivity contribution is 0.0684. The largest absolute Gasteiger partial charge is 0.529 e. The van der Waals surface area contributed by atoms with Crippen LogP contribution in [0.3, 0.4) is 0 Å². The molecule has 3 nitrogen and oxygen atoms in total. The minimum absolute atomic E-state index is 0.727. The van der Waals surface area contributed by atoms with Gasteiger partial charge in [-0.1, -0.05) is 46.1 Å². The molecule has 0 radical (unpaired) electrons. The van der Waals surface area contributed by atoms with E-state index in [9.17, 15) is 0 Å². The Labute approximate surface area is 120 Å². The van der Waals surface area contributed by atoms with E-state index >= 15 is 0 Å². The molecule has 0 atom stereocenters. The van der Waals surface area contributed by atoms with Gasteiger partial charge in [0.2, 0.25) is 0 Å². The van der Waals surface area contributed by atoms with Crippen molar-refractivity contribution in [2.24, 2.45) is 0 Å². The second-order valence-electron chi connectivity index (χ2n) is 4.71. The van der Waals surface area contributed by atoms with E-state index in [1.165, 1.54) is 0 Å². The molecule has 0 fully saturated rings. The Morgan fingerprint density at radius 1 is 0.737 bits per heavy atom. The molecule has 0 aliphatic heterocycles. The van der Waals surface area contributed by atoms with Crippen molar-refractivity contribution in [3.8, 4) is 0 Å². The van der Waals surface area contributed by atoms with Gasteiger partial charge in [0.15, 0.2) is 0 Å². The first-order valence-electron chi connectivity index (χ1n) is 7.80. The van der Waals surface area contributed by atoms with E-state index in [1.807, 2.05) is 18.7 Å². The molecule has 0 N–H and O–H groups in total. The quantitative estimate of drug-likeness (QED) is 0.369. The average Bonchev–Trinajstić information content (AvgIpc) is 2.40. The lowest BCUT2D eigenvalue weighted by Gasteiger charge is -2.27. The minimum atomic E-state index is -2.59. The van der Waals surface area contributed by atoms with Crippen molar-refractivity contribution in [1.82, 2.24) is 0 Å². The fourth-order valence-electron chi connectivity index (χ4n) is 1.55. The van der Waals surface area contributed by atoms with E-state index in [4.69, 9.17) is 13.3 Å². The van der Waals surface area contributed by atoms with E-state index in [-0.39, 0.29) is 0 Å². The van der Waals surface area contributed by atoms with Gasteiger partial charge in [-0.3, -0.25) is 0 Å². The molecule has 19 heavy (non-hydrogen) atoms. The Morgan fingerprint density at radius 3 is 1.37 bits per heavy atom. The van der Waals surface area contributed by atoms with Gasteiger partial charge in [-0.15, -0.1) is 0 Å². The summed E-state index contributed by atoms with van der Waals surface area (Å²) >= 11 is 0. The molecule has 0 saturated carbocycles. The predicted octanol–water partition coefficient (Wildman–Crippen LogP) is 4.49. The van der Waals surface area contributed by atoms with Crippen molar-refractivity contribution in [1.29, 1.82) is 0 Å². The fourth-order valence-corrected chi connectivity index (χ4v) is 3.78.